The van der Waals surface area contributed by atoms with Gasteiger partial charge in [0.05, 0.1) is 36.8 Å². The fourth-order valence-corrected chi connectivity index (χ4v) is 4.41. The topological polar surface area (TPSA) is 81.5 Å². The highest BCUT2D eigenvalue weighted by atomic mass is 19.1. The summed E-state index contributed by atoms with van der Waals surface area (Å²) in [4.78, 5) is 20.7. The number of carboxylic acid groups (broad SMARTS) is 1. The first-order valence-electron chi connectivity index (χ1n) is 11.7. The predicted octanol–water partition coefficient (Wildman–Crippen LogP) is 5.72. The number of hydrogen-bond acceptors (Lipinski definition) is 5. The molecule has 0 saturated heterocycles. The Morgan fingerprint density at radius 3 is 2.68 bits per heavy atom. The SMILES string of the molecule is COc1ccc(F)c(-c2ncc(COc3cccc([C@@H](CC(=O)O)C4CC4)c3)nc2C2CC2)c1. The molecule has 3 aromatic rings. The van der Waals surface area contributed by atoms with E-state index in [0.717, 1.165) is 36.9 Å². The Labute approximate surface area is 197 Å². The molecule has 0 amide bonds. The van der Waals surface area contributed by atoms with Gasteiger partial charge in [0.1, 0.15) is 23.9 Å². The van der Waals surface area contributed by atoms with E-state index >= 15 is 0 Å². The lowest BCUT2D eigenvalue weighted by Gasteiger charge is -2.16. The van der Waals surface area contributed by atoms with Crippen molar-refractivity contribution in [2.24, 2.45) is 5.92 Å². The highest BCUT2D eigenvalue weighted by Crippen LogP contribution is 2.45. The molecule has 0 bridgehead atoms. The molecule has 2 saturated carbocycles. The van der Waals surface area contributed by atoms with E-state index in [4.69, 9.17) is 14.5 Å². The van der Waals surface area contributed by atoms with Crippen LogP contribution in [-0.2, 0) is 11.4 Å². The Bertz CT molecular complexity index is 1210. The van der Waals surface area contributed by atoms with Gasteiger partial charge in [0, 0.05) is 11.5 Å². The molecule has 0 radical (unpaired) electrons. The third-order valence-corrected chi connectivity index (χ3v) is 6.50. The van der Waals surface area contributed by atoms with E-state index in [2.05, 4.69) is 4.98 Å². The number of aromatic nitrogens is 2. The zero-order chi connectivity index (χ0) is 23.7. The molecule has 7 heteroatoms. The van der Waals surface area contributed by atoms with E-state index in [-0.39, 0.29) is 30.7 Å². The molecule has 0 spiro atoms. The lowest BCUT2D eigenvalue weighted by molar-refractivity contribution is -0.137. The van der Waals surface area contributed by atoms with E-state index in [0.29, 0.717) is 34.4 Å². The Hall–Kier alpha value is -3.48. The molecule has 0 unspecified atom stereocenters. The number of halogens is 1. The van der Waals surface area contributed by atoms with Gasteiger partial charge in [0.25, 0.3) is 0 Å². The number of methoxy groups -OCH3 is 1. The summed E-state index contributed by atoms with van der Waals surface area (Å²) in [6.45, 7) is 0.226. The molecular formula is C27H27FN2O4. The Morgan fingerprint density at radius 1 is 1.15 bits per heavy atom. The molecule has 0 aliphatic heterocycles. The van der Waals surface area contributed by atoms with Crippen molar-refractivity contribution in [3.8, 4) is 22.8 Å². The van der Waals surface area contributed by atoms with Crippen molar-refractivity contribution in [2.45, 2.75) is 50.5 Å². The van der Waals surface area contributed by atoms with Crippen molar-refractivity contribution < 1.29 is 23.8 Å². The van der Waals surface area contributed by atoms with Crippen LogP contribution in [0, 0.1) is 11.7 Å². The van der Waals surface area contributed by atoms with Gasteiger partial charge in [-0.15, -0.1) is 0 Å². The molecule has 34 heavy (non-hydrogen) atoms. The molecular weight excluding hydrogens is 435 g/mol. The van der Waals surface area contributed by atoms with Crippen LogP contribution in [-0.4, -0.2) is 28.2 Å². The van der Waals surface area contributed by atoms with Crippen LogP contribution in [0.2, 0.25) is 0 Å². The Kier molecular flexibility index (Phi) is 6.18. The summed E-state index contributed by atoms with van der Waals surface area (Å²) in [6, 6.07) is 12.3. The summed E-state index contributed by atoms with van der Waals surface area (Å²) in [5.41, 5.74) is 3.39. The van der Waals surface area contributed by atoms with Crippen LogP contribution in [0.4, 0.5) is 4.39 Å². The average molecular weight is 463 g/mol. The van der Waals surface area contributed by atoms with Crippen LogP contribution >= 0.6 is 0 Å². The molecule has 2 fully saturated rings. The van der Waals surface area contributed by atoms with Gasteiger partial charge in [-0.25, -0.2) is 4.39 Å². The number of hydrogen-bond donors (Lipinski definition) is 1. The lowest BCUT2D eigenvalue weighted by Crippen LogP contribution is -2.09. The molecule has 1 heterocycles. The number of benzene rings is 2. The zero-order valence-electron chi connectivity index (χ0n) is 19.0. The van der Waals surface area contributed by atoms with Crippen molar-refractivity contribution in [2.75, 3.05) is 7.11 Å². The van der Waals surface area contributed by atoms with Crippen molar-refractivity contribution in [3.05, 3.63) is 71.4 Å². The van der Waals surface area contributed by atoms with Crippen LogP contribution in [0.1, 0.15) is 60.9 Å². The first-order chi connectivity index (χ1) is 16.5. The van der Waals surface area contributed by atoms with Crippen LogP contribution in [0.3, 0.4) is 0 Å². The number of ether oxygens (including phenoxy) is 2. The van der Waals surface area contributed by atoms with E-state index in [1.165, 1.54) is 6.07 Å². The van der Waals surface area contributed by atoms with E-state index < -0.39 is 5.97 Å². The molecule has 176 valence electrons. The maximum atomic E-state index is 14.6. The minimum atomic E-state index is -0.779. The van der Waals surface area contributed by atoms with E-state index in [9.17, 15) is 14.3 Å². The minimum absolute atomic E-state index is 0.0133. The molecule has 6 nitrogen and oxygen atoms in total. The van der Waals surface area contributed by atoms with Gasteiger partial charge in [-0.3, -0.25) is 14.8 Å². The molecule has 1 aromatic heterocycles. The minimum Gasteiger partial charge on any atom is -0.497 e. The summed E-state index contributed by atoms with van der Waals surface area (Å²) < 4.78 is 25.8. The third kappa shape index (κ3) is 5.03. The average Bonchev–Trinajstić information content (AvgIpc) is 3.75. The monoisotopic (exact) mass is 462 g/mol. The van der Waals surface area contributed by atoms with Gasteiger partial charge in [-0.05, 0) is 73.4 Å². The molecule has 2 aliphatic rings. The number of carboxylic acids is 1. The summed E-state index contributed by atoms with van der Waals surface area (Å²) in [5, 5.41) is 9.29. The van der Waals surface area contributed by atoms with Gasteiger partial charge in [-0.1, -0.05) is 12.1 Å². The Balaban J connectivity index is 1.35. The standard InChI is InChI=1S/C27H27FN2O4/c1-33-20-9-10-24(28)23(12-20)27-26(17-7-8-17)30-19(14-29-27)15-34-21-4-2-3-18(11-21)22(13-25(31)32)16-5-6-16/h2-4,9-12,14,16-17,22H,5-8,13,15H2,1H3,(H,31,32)/t22-/m0/s1. The van der Waals surface area contributed by atoms with E-state index in [1.807, 2.05) is 24.3 Å². The summed E-state index contributed by atoms with van der Waals surface area (Å²) in [6.07, 6.45) is 5.91. The predicted molar refractivity (Wildman–Crippen MR) is 124 cm³/mol. The second kappa shape index (κ2) is 9.41. The highest BCUT2D eigenvalue weighted by Gasteiger charge is 2.34. The van der Waals surface area contributed by atoms with Gasteiger partial charge in [0.2, 0.25) is 0 Å². The van der Waals surface area contributed by atoms with Crippen LogP contribution in [0.25, 0.3) is 11.3 Å². The second-order valence-corrected chi connectivity index (χ2v) is 9.12. The largest absolute Gasteiger partial charge is 0.497 e. The molecule has 2 aliphatic carbocycles. The van der Waals surface area contributed by atoms with Gasteiger partial charge in [-0.2, -0.15) is 0 Å². The van der Waals surface area contributed by atoms with E-state index in [1.54, 1.807) is 25.4 Å². The van der Waals surface area contributed by atoms with Crippen LogP contribution in [0.15, 0.2) is 48.7 Å². The lowest BCUT2D eigenvalue weighted by atomic mass is 9.91. The summed E-state index contributed by atoms with van der Waals surface area (Å²) >= 11 is 0. The normalized spacial score (nSPS) is 16.2. The summed E-state index contributed by atoms with van der Waals surface area (Å²) in [7, 11) is 1.55. The van der Waals surface area contributed by atoms with Crippen LogP contribution in [0.5, 0.6) is 11.5 Å². The molecule has 5 rings (SSSR count). The second-order valence-electron chi connectivity index (χ2n) is 9.12. The molecule has 1 N–H and O–H groups in total. The number of nitrogens with zero attached hydrogens (tertiary/aromatic N) is 2. The number of rotatable bonds is 10. The quantitative estimate of drug-likeness (QED) is 0.415. The number of aliphatic carboxylic acids is 1. The third-order valence-electron chi connectivity index (χ3n) is 6.50. The van der Waals surface area contributed by atoms with Gasteiger partial charge >= 0.3 is 5.97 Å². The molecule has 2 aromatic carbocycles. The smallest absolute Gasteiger partial charge is 0.303 e. The zero-order valence-corrected chi connectivity index (χ0v) is 19.0. The van der Waals surface area contributed by atoms with Gasteiger partial charge in [0.15, 0.2) is 0 Å². The fraction of sp³-hybridized carbons (Fsp3) is 0.370. The van der Waals surface area contributed by atoms with Crippen molar-refractivity contribution >= 4 is 5.97 Å². The first kappa shape index (κ1) is 22.3. The molecule has 1 atom stereocenters. The maximum absolute atomic E-state index is 14.6. The van der Waals surface area contributed by atoms with Gasteiger partial charge < -0.3 is 14.6 Å². The summed E-state index contributed by atoms with van der Waals surface area (Å²) in [5.74, 6) is 0.822. The highest BCUT2D eigenvalue weighted by molar-refractivity contribution is 5.68. The first-order valence-corrected chi connectivity index (χ1v) is 11.7. The van der Waals surface area contributed by atoms with Crippen molar-refractivity contribution in [1.29, 1.82) is 0 Å². The maximum Gasteiger partial charge on any atom is 0.303 e. The van der Waals surface area contributed by atoms with Crippen molar-refractivity contribution in [1.82, 2.24) is 9.97 Å². The Morgan fingerprint density at radius 2 is 1.97 bits per heavy atom. The van der Waals surface area contributed by atoms with Crippen LogP contribution < -0.4 is 9.47 Å². The fourth-order valence-electron chi connectivity index (χ4n) is 4.41. The van der Waals surface area contributed by atoms with Crippen molar-refractivity contribution in [3.63, 3.8) is 0 Å². The number of carbonyl (C=O) groups is 1.